The second-order valence-corrected chi connectivity index (χ2v) is 7.64. The maximum absolute atomic E-state index is 11.5. The molecule has 0 aliphatic carbocycles. The number of hydrogen-bond donors (Lipinski definition) is 1. The van der Waals surface area contributed by atoms with E-state index in [1.165, 1.54) is 0 Å². The second-order valence-electron chi connectivity index (χ2n) is 4.24. The van der Waals surface area contributed by atoms with Crippen molar-refractivity contribution >= 4 is 69.0 Å². The lowest BCUT2D eigenvalue weighted by Crippen LogP contribution is -1.98. The van der Waals surface area contributed by atoms with Gasteiger partial charge >= 0.3 is 5.97 Å². The molecule has 2 aromatic rings. The van der Waals surface area contributed by atoms with E-state index in [2.05, 4.69) is 55.4 Å². The van der Waals surface area contributed by atoms with Crippen LogP contribution in [0.3, 0.4) is 0 Å². The number of halogens is 2. The summed E-state index contributed by atoms with van der Waals surface area (Å²) in [5, 5.41) is 17.3. The number of carboxylic acid groups (broad SMARTS) is 1. The van der Waals surface area contributed by atoms with Crippen molar-refractivity contribution in [3.05, 3.63) is 35.6 Å². The standard InChI is InChI=1S/C14H12I2N2O4S/c1-3-11-17-18-14(22-11)23-10(13(19)20)5-7-4-8(15)6-9(16)12(7)21-2/h4-6H,3H2,1-2H3,(H,19,20)/b10-5-. The van der Waals surface area contributed by atoms with Crippen molar-refractivity contribution in [3.8, 4) is 5.75 Å². The molecule has 0 saturated heterocycles. The Kier molecular flexibility index (Phi) is 6.71. The molecule has 122 valence electrons. The molecule has 0 fully saturated rings. The molecule has 6 nitrogen and oxygen atoms in total. The zero-order chi connectivity index (χ0) is 17.0. The summed E-state index contributed by atoms with van der Waals surface area (Å²) in [6, 6.07) is 3.81. The van der Waals surface area contributed by atoms with Crippen molar-refractivity contribution in [2.24, 2.45) is 0 Å². The molecule has 0 saturated carbocycles. The highest BCUT2D eigenvalue weighted by molar-refractivity contribution is 14.1. The number of rotatable bonds is 6. The summed E-state index contributed by atoms with van der Waals surface area (Å²) in [5.41, 5.74) is 0.684. The quantitative estimate of drug-likeness (QED) is 0.325. The van der Waals surface area contributed by atoms with Crippen molar-refractivity contribution in [1.29, 1.82) is 0 Å². The van der Waals surface area contributed by atoms with E-state index in [-0.39, 0.29) is 10.1 Å². The number of benzene rings is 1. The average molecular weight is 558 g/mol. The number of aryl methyl sites for hydroxylation is 1. The van der Waals surface area contributed by atoms with Crippen LogP contribution in [-0.4, -0.2) is 28.4 Å². The van der Waals surface area contributed by atoms with E-state index in [1.807, 2.05) is 19.1 Å². The Balaban J connectivity index is 2.41. The number of ether oxygens (including phenoxy) is 1. The summed E-state index contributed by atoms with van der Waals surface area (Å²) in [6.07, 6.45) is 2.15. The number of thioether (sulfide) groups is 1. The number of hydrogen-bond acceptors (Lipinski definition) is 6. The van der Waals surface area contributed by atoms with Gasteiger partial charge in [0.1, 0.15) is 10.7 Å². The molecule has 0 aliphatic rings. The zero-order valence-electron chi connectivity index (χ0n) is 12.2. The first-order chi connectivity index (χ1) is 10.9. The average Bonchev–Trinajstić information content (AvgIpc) is 2.93. The van der Waals surface area contributed by atoms with Gasteiger partial charge in [0.25, 0.3) is 5.22 Å². The Morgan fingerprint density at radius 2 is 2.17 bits per heavy atom. The Labute approximate surface area is 164 Å². The lowest BCUT2D eigenvalue weighted by atomic mass is 10.2. The Morgan fingerprint density at radius 1 is 1.43 bits per heavy atom. The normalized spacial score (nSPS) is 11.6. The highest BCUT2D eigenvalue weighted by Crippen LogP contribution is 2.33. The molecule has 0 atom stereocenters. The third-order valence-electron chi connectivity index (χ3n) is 2.69. The molecule has 1 N–H and O–H groups in total. The second kappa shape index (κ2) is 8.33. The Hall–Kier alpha value is -0.820. The summed E-state index contributed by atoms with van der Waals surface area (Å²) >= 11 is 5.25. The van der Waals surface area contributed by atoms with Gasteiger partial charge in [-0.15, -0.1) is 10.2 Å². The van der Waals surface area contributed by atoms with Gasteiger partial charge in [-0.25, -0.2) is 4.79 Å². The third kappa shape index (κ3) is 4.83. The van der Waals surface area contributed by atoms with Gasteiger partial charge in [0.05, 0.1) is 10.7 Å². The van der Waals surface area contributed by atoms with Crippen molar-refractivity contribution in [2.75, 3.05) is 7.11 Å². The van der Waals surface area contributed by atoms with E-state index < -0.39 is 5.97 Å². The highest BCUT2D eigenvalue weighted by atomic mass is 127. The van der Waals surface area contributed by atoms with Crippen LogP contribution in [0.15, 0.2) is 26.7 Å². The maximum Gasteiger partial charge on any atom is 0.342 e. The van der Waals surface area contributed by atoms with E-state index in [4.69, 9.17) is 9.15 Å². The number of carbonyl (C=O) groups is 1. The minimum absolute atomic E-state index is 0.0763. The van der Waals surface area contributed by atoms with Crippen molar-refractivity contribution in [1.82, 2.24) is 10.2 Å². The first-order valence-electron chi connectivity index (χ1n) is 6.42. The van der Waals surface area contributed by atoms with E-state index >= 15 is 0 Å². The number of nitrogens with zero attached hydrogens (tertiary/aromatic N) is 2. The molecule has 1 aromatic carbocycles. The zero-order valence-corrected chi connectivity index (χ0v) is 17.3. The Bertz CT molecular complexity index is 761. The highest BCUT2D eigenvalue weighted by Gasteiger charge is 2.17. The van der Waals surface area contributed by atoms with Crippen LogP contribution >= 0.6 is 56.9 Å². The van der Waals surface area contributed by atoms with Crippen LogP contribution in [-0.2, 0) is 11.2 Å². The summed E-state index contributed by atoms with van der Waals surface area (Å²) in [6.45, 7) is 1.88. The predicted molar refractivity (Wildman–Crippen MR) is 104 cm³/mol. The van der Waals surface area contributed by atoms with E-state index in [9.17, 15) is 9.90 Å². The van der Waals surface area contributed by atoms with Crippen molar-refractivity contribution in [2.45, 2.75) is 18.6 Å². The fraction of sp³-hybridized carbons (Fsp3) is 0.214. The molecule has 1 aromatic heterocycles. The molecule has 9 heteroatoms. The number of carboxylic acids is 1. The van der Waals surface area contributed by atoms with Gasteiger partial charge in [0, 0.05) is 15.6 Å². The molecular weight excluding hydrogens is 546 g/mol. The number of methoxy groups -OCH3 is 1. The number of aromatic nitrogens is 2. The van der Waals surface area contributed by atoms with Crippen molar-refractivity contribution < 1.29 is 19.1 Å². The van der Waals surface area contributed by atoms with Gasteiger partial charge in [0.15, 0.2) is 0 Å². The SMILES string of the molecule is CCc1nnc(S/C(=C\c2cc(I)cc(I)c2OC)C(=O)O)o1. The minimum Gasteiger partial charge on any atom is -0.495 e. The summed E-state index contributed by atoms with van der Waals surface area (Å²) < 4.78 is 12.6. The van der Waals surface area contributed by atoms with Gasteiger partial charge in [-0.05, 0) is 75.2 Å². The van der Waals surface area contributed by atoms with Crippen LogP contribution in [0.25, 0.3) is 6.08 Å². The first kappa shape index (κ1) is 18.5. The Morgan fingerprint density at radius 3 is 2.74 bits per heavy atom. The van der Waals surface area contributed by atoms with Crippen LogP contribution in [0, 0.1) is 7.14 Å². The summed E-state index contributed by atoms with van der Waals surface area (Å²) in [5.74, 6) is 0.0333. The number of aliphatic carboxylic acids is 1. The monoisotopic (exact) mass is 558 g/mol. The summed E-state index contributed by atoms with van der Waals surface area (Å²) in [4.78, 5) is 11.6. The molecule has 0 unspecified atom stereocenters. The molecule has 0 bridgehead atoms. The molecule has 0 amide bonds. The predicted octanol–water partition coefficient (Wildman–Crippen LogP) is 4.07. The fourth-order valence-electron chi connectivity index (χ4n) is 1.70. The van der Waals surface area contributed by atoms with E-state index in [0.717, 1.165) is 18.9 Å². The van der Waals surface area contributed by atoms with Gasteiger partial charge in [-0.3, -0.25) is 0 Å². The first-order valence-corrected chi connectivity index (χ1v) is 9.40. The minimum atomic E-state index is -1.07. The molecule has 1 heterocycles. The van der Waals surface area contributed by atoms with Crippen LogP contribution < -0.4 is 4.74 Å². The molecule has 23 heavy (non-hydrogen) atoms. The van der Waals surface area contributed by atoms with Gasteiger partial charge < -0.3 is 14.3 Å². The summed E-state index contributed by atoms with van der Waals surface area (Å²) in [7, 11) is 1.56. The van der Waals surface area contributed by atoms with Gasteiger partial charge in [-0.2, -0.15) is 0 Å². The van der Waals surface area contributed by atoms with Gasteiger partial charge in [0.2, 0.25) is 5.89 Å². The molecule has 0 spiro atoms. The van der Waals surface area contributed by atoms with Crippen LogP contribution in [0.5, 0.6) is 5.75 Å². The molecule has 2 rings (SSSR count). The smallest absolute Gasteiger partial charge is 0.342 e. The molecular formula is C14H12I2N2O4S. The lowest BCUT2D eigenvalue weighted by molar-refractivity contribution is -0.131. The molecule has 0 aliphatic heterocycles. The van der Waals surface area contributed by atoms with E-state index in [0.29, 0.717) is 23.6 Å². The molecule has 0 radical (unpaired) electrons. The van der Waals surface area contributed by atoms with Crippen LogP contribution in [0.1, 0.15) is 18.4 Å². The topological polar surface area (TPSA) is 85.5 Å². The van der Waals surface area contributed by atoms with Crippen molar-refractivity contribution in [3.63, 3.8) is 0 Å². The van der Waals surface area contributed by atoms with Gasteiger partial charge in [-0.1, -0.05) is 6.92 Å². The van der Waals surface area contributed by atoms with Crippen LogP contribution in [0.2, 0.25) is 0 Å². The maximum atomic E-state index is 11.5. The lowest BCUT2D eigenvalue weighted by Gasteiger charge is -2.09. The van der Waals surface area contributed by atoms with Crippen LogP contribution in [0.4, 0.5) is 0 Å². The third-order valence-corrected chi connectivity index (χ3v) is 4.96. The largest absolute Gasteiger partial charge is 0.495 e. The fourth-order valence-corrected chi connectivity index (χ4v) is 4.49. The van der Waals surface area contributed by atoms with E-state index in [1.54, 1.807) is 13.2 Å².